The highest BCUT2D eigenvalue weighted by molar-refractivity contribution is 7.80. The molecular formula is C24H26N4S. The van der Waals surface area contributed by atoms with Gasteiger partial charge in [-0.1, -0.05) is 31.0 Å². The number of aromatic nitrogens is 2. The van der Waals surface area contributed by atoms with E-state index in [1.807, 2.05) is 18.3 Å². The summed E-state index contributed by atoms with van der Waals surface area (Å²) in [6, 6.07) is 17.6. The lowest BCUT2D eigenvalue weighted by Crippen LogP contribution is -2.29. The standard InChI is InChI=1S/C24H26N4S/c1-17-7-6-10-20(15-17)28-23(18-12-14-27(16-18)19-8-2-3-9-19)22(26-24(28)29)21-11-4-5-13-25-21/h4-7,10-16,19,22-23H,2-3,8-9H2,1H3,(H,26,29)/t22-,23-/m0/s1. The number of aryl methyl sites for hydroxylation is 1. The SMILES string of the molecule is Cc1cccc(N2C(=S)N[C@@H](c3ccccn3)[C@@H]2c2ccn(C3CCCC3)c2)c1. The largest absolute Gasteiger partial charge is 0.351 e. The van der Waals surface area contributed by atoms with Gasteiger partial charge in [0.15, 0.2) is 5.11 Å². The molecular weight excluding hydrogens is 376 g/mol. The monoisotopic (exact) mass is 402 g/mol. The minimum Gasteiger partial charge on any atom is -0.351 e. The Labute approximate surface area is 177 Å². The molecule has 0 amide bonds. The second-order valence-corrected chi connectivity index (χ2v) is 8.55. The smallest absolute Gasteiger partial charge is 0.174 e. The first kappa shape index (κ1) is 18.4. The first-order valence-corrected chi connectivity index (χ1v) is 10.9. The second kappa shape index (κ2) is 7.64. The molecule has 5 rings (SSSR count). The van der Waals surface area contributed by atoms with E-state index in [1.165, 1.54) is 36.8 Å². The quantitative estimate of drug-likeness (QED) is 0.586. The summed E-state index contributed by atoms with van der Waals surface area (Å²) in [6.07, 6.45) is 11.7. The average Bonchev–Trinajstić information content (AvgIpc) is 3.48. The predicted molar refractivity (Wildman–Crippen MR) is 121 cm³/mol. The highest BCUT2D eigenvalue weighted by Gasteiger charge is 2.41. The van der Waals surface area contributed by atoms with Crippen molar-refractivity contribution < 1.29 is 0 Å². The molecule has 2 fully saturated rings. The van der Waals surface area contributed by atoms with Crippen molar-refractivity contribution in [1.29, 1.82) is 0 Å². The Hall–Kier alpha value is -2.66. The summed E-state index contributed by atoms with van der Waals surface area (Å²) in [5, 5.41) is 4.31. The molecule has 2 atom stereocenters. The van der Waals surface area contributed by atoms with Gasteiger partial charge in [-0.3, -0.25) is 4.98 Å². The molecule has 4 nitrogen and oxygen atoms in total. The zero-order valence-corrected chi connectivity index (χ0v) is 17.5. The first-order chi connectivity index (χ1) is 14.2. The molecule has 1 saturated heterocycles. The lowest BCUT2D eigenvalue weighted by molar-refractivity contribution is 0.515. The van der Waals surface area contributed by atoms with E-state index in [9.17, 15) is 0 Å². The van der Waals surface area contributed by atoms with Crippen molar-refractivity contribution in [3.63, 3.8) is 0 Å². The van der Waals surface area contributed by atoms with Crippen molar-refractivity contribution in [2.75, 3.05) is 4.90 Å². The molecule has 5 heteroatoms. The zero-order chi connectivity index (χ0) is 19.8. The third-order valence-corrected chi connectivity index (χ3v) is 6.52. The number of nitrogens with one attached hydrogen (secondary N) is 1. The van der Waals surface area contributed by atoms with Crippen LogP contribution in [0.25, 0.3) is 0 Å². The van der Waals surface area contributed by atoms with Crippen LogP contribution in [0, 0.1) is 6.92 Å². The van der Waals surface area contributed by atoms with Crippen molar-refractivity contribution in [3.8, 4) is 0 Å². The number of rotatable bonds is 4. The Bertz CT molecular complexity index is 1010. The van der Waals surface area contributed by atoms with Crippen LogP contribution in [0.1, 0.15) is 60.6 Å². The number of benzene rings is 1. The average molecular weight is 403 g/mol. The van der Waals surface area contributed by atoms with E-state index in [0.29, 0.717) is 6.04 Å². The molecule has 1 aliphatic carbocycles. The fourth-order valence-corrected chi connectivity index (χ4v) is 5.13. The predicted octanol–water partition coefficient (Wildman–Crippen LogP) is 5.48. The van der Waals surface area contributed by atoms with Gasteiger partial charge in [0.25, 0.3) is 0 Å². The molecule has 0 radical (unpaired) electrons. The molecule has 1 N–H and O–H groups in total. The van der Waals surface area contributed by atoms with Gasteiger partial charge in [0.1, 0.15) is 0 Å². The van der Waals surface area contributed by atoms with Crippen molar-refractivity contribution in [2.45, 2.75) is 50.7 Å². The maximum absolute atomic E-state index is 5.81. The van der Waals surface area contributed by atoms with Crippen LogP contribution in [-0.4, -0.2) is 14.7 Å². The summed E-state index contributed by atoms with van der Waals surface area (Å²) < 4.78 is 2.41. The van der Waals surface area contributed by atoms with Gasteiger partial charge in [-0.25, -0.2) is 0 Å². The van der Waals surface area contributed by atoms with Gasteiger partial charge in [0.2, 0.25) is 0 Å². The summed E-state index contributed by atoms with van der Waals surface area (Å²) in [5.74, 6) is 0. The van der Waals surface area contributed by atoms with Crippen LogP contribution >= 0.6 is 12.2 Å². The third kappa shape index (κ3) is 3.44. The van der Waals surface area contributed by atoms with E-state index >= 15 is 0 Å². The number of hydrogen-bond acceptors (Lipinski definition) is 2. The maximum atomic E-state index is 5.81. The summed E-state index contributed by atoms with van der Waals surface area (Å²) in [5.41, 5.74) is 4.65. The molecule has 0 spiro atoms. The van der Waals surface area contributed by atoms with E-state index in [2.05, 4.69) is 75.5 Å². The van der Waals surface area contributed by atoms with Gasteiger partial charge < -0.3 is 14.8 Å². The van der Waals surface area contributed by atoms with Crippen LogP contribution in [-0.2, 0) is 0 Å². The van der Waals surface area contributed by atoms with Gasteiger partial charge in [-0.05, 0) is 73.4 Å². The number of thiocarbonyl (C=S) groups is 1. The number of pyridine rings is 1. The number of nitrogens with zero attached hydrogens (tertiary/aromatic N) is 3. The fourth-order valence-electron chi connectivity index (χ4n) is 4.78. The molecule has 0 bridgehead atoms. The molecule has 2 aromatic heterocycles. The maximum Gasteiger partial charge on any atom is 0.174 e. The lowest BCUT2D eigenvalue weighted by Gasteiger charge is -2.27. The minimum absolute atomic E-state index is 0.0173. The van der Waals surface area contributed by atoms with Crippen molar-refractivity contribution in [3.05, 3.63) is 83.9 Å². The van der Waals surface area contributed by atoms with Crippen LogP contribution in [0.4, 0.5) is 5.69 Å². The molecule has 0 unspecified atom stereocenters. The van der Waals surface area contributed by atoms with E-state index in [4.69, 9.17) is 12.2 Å². The summed E-state index contributed by atoms with van der Waals surface area (Å²) >= 11 is 5.81. The number of hydrogen-bond donors (Lipinski definition) is 1. The van der Waals surface area contributed by atoms with Gasteiger partial charge in [-0.15, -0.1) is 0 Å². The van der Waals surface area contributed by atoms with Crippen LogP contribution in [0.15, 0.2) is 67.1 Å². The molecule has 1 aromatic carbocycles. The van der Waals surface area contributed by atoms with Crippen molar-refractivity contribution in [1.82, 2.24) is 14.9 Å². The molecule has 2 aliphatic rings. The summed E-state index contributed by atoms with van der Waals surface area (Å²) in [4.78, 5) is 6.91. The van der Waals surface area contributed by atoms with Gasteiger partial charge in [-0.2, -0.15) is 0 Å². The Balaban J connectivity index is 1.58. The molecule has 3 aromatic rings. The van der Waals surface area contributed by atoms with Crippen molar-refractivity contribution in [2.24, 2.45) is 0 Å². The van der Waals surface area contributed by atoms with Crippen LogP contribution in [0.3, 0.4) is 0 Å². The van der Waals surface area contributed by atoms with Gasteiger partial charge >= 0.3 is 0 Å². The van der Waals surface area contributed by atoms with Crippen LogP contribution in [0.2, 0.25) is 0 Å². The first-order valence-electron chi connectivity index (χ1n) is 10.5. The molecule has 1 saturated carbocycles. The highest BCUT2D eigenvalue weighted by atomic mass is 32.1. The third-order valence-electron chi connectivity index (χ3n) is 6.20. The molecule has 1 aliphatic heterocycles. The zero-order valence-electron chi connectivity index (χ0n) is 16.7. The highest BCUT2D eigenvalue weighted by Crippen LogP contribution is 2.42. The van der Waals surface area contributed by atoms with Gasteiger partial charge in [0.05, 0.1) is 17.8 Å². The lowest BCUT2D eigenvalue weighted by atomic mass is 9.98. The molecule has 29 heavy (non-hydrogen) atoms. The Morgan fingerprint density at radius 1 is 1.07 bits per heavy atom. The minimum atomic E-state index is 0.0173. The van der Waals surface area contributed by atoms with Crippen LogP contribution in [0.5, 0.6) is 0 Å². The fraction of sp³-hybridized carbons (Fsp3) is 0.333. The van der Waals surface area contributed by atoms with Crippen molar-refractivity contribution >= 4 is 23.0 Å². The number of anilines is 1. The van der Waals surface area contributed by atoms with E-state index in [-0.39, 0.29) is 12.1 Å². The second-order valence-electron chi connectivity index (χ2n) is 8.17. The molecule has 148 valence electrons. The van der Waals surface area contributed by atoms with Gasteiger partial charge in [0, 0.05) is 30.3 Å². The Morgan fingerprint density at radius 3 is 2.69 bits per heavy atom. The van der Waals surface area contributed by atoms with Crippen LogP contribution < -0.4 is 10.2 Å². The summed E-state index contributed by atoms with van der Waals surface area (Å²) in [6.45, 7) is 2.12. The Morgan fingerprint density at radius 2 is 1.93 bits per heavy atom. The molecule has 3 heterocycles. The van der Waals surface area contributed by atoms with E-state index < -0.39 is 0 Å². The topological polar surface area (TPSA) is 33.1 Å². The van der Waals surface area contributed by atoms with E-state index in [0.717, 1.165) is 16.5 Å². The normalized spacial score (nSPS) is 22.2. The summed E-state index contributed by atoms with van der Waals surface area (Å²) in [7, 11) is 0. The van der Waals surface area contributed by atoms with E-state index in [1.54, 1.807) is 0 Å². The Kier molecular flexibility index (Phi) is 4.84.